The van der Waals surface area contributed by atoms with Crippen molar-refractivity contribution in [3.8, 4) is 0 Å². The van der Waals surface area contributed by atoms with Gasteiger partial charge < -0.3 is 29.4 Å². The number of hydrogen-bond donors (Lipinski definition) is 0. The van der Waals surface area contributed by atoms with Crippen molar-refractivity contribution in [2.24, 2.45) is 0 Å². The van der Waals surface area contributed by atoms with E-state index < -0.39 is 59.2 Å². The third-order valence-corrected chi connectivity index (χ3v) is 22.2. The van der Waals surface area contributed by atoms with Gasteiger partial charge in [0.15, 0.2) is 0 Å². The molecule has 0 N–H and O–H groups in total. The van der Waals surface area contributed by atoms with Crippen LogP contribution in [0.4, 0.5) is 0 Å². The molecule has 0 aliphatic carbocycles. The maximum Gasteiger partial charge on any atom is 2.00 e. The first-order valence-electron chi connectivity index (χ1n) is 36.4. The molecule has 540 valence electrons. The van der Waals surface area contributed by atoms with E-state index in [9.17, 15) is 9.59 Å². The second-order valence-electron chi connectivity index (χ2n) is 27.9. The zero-order valence-corrected chi connectivity index (χ0v) is 63.8. The molecule has 0 saturated carbocycles. The summed E-state index contributed by atoms with van der Waals surface area (Å²) in [6.45, 7) is 29.4. The van der Waals surface area contributed by atoms with Crippen LogP contribution in [0.5, 0.6) is 0 Å². The van der Waals surface area contributed by atoms with Crippen LogP contribution in [0.1, 0.15) is 314 Å². The fraction of sp³-hybridized carbons (Fsp3) is 0.463. The van der Waals surface area contributed by atoms with Crippen molar-refractivity contribution in [1.82, 2.24) is 49.7 Å². The van der Waals surface area contributed by atoms with Gasteiger partial charge in [0, 0.05) is 71.9 Å². The number of allylic oxidation sites excluding steroid dienone is 4. The van der Waals surface area contributed by atoms with Gasteiger partial charge in [0.2, 0.25) is 0 Å². The van der Waals surface area contributed by atoms with E-state index in [0.29, 0.717) is 117 Å². The van der Waals surface area contributed by atoms with Crippen molar-refractivity contribution in [2.45, 2.75) is 223 Å². The molecule has 6 aliphatic heterocycles. The number of amides is 4. The molecule has 12 rings (SSSR count). The minimum absolute atomic E-state index is 0. The van der Waals surface area contributed by atoms with Gasteiger partial charge >= 0.3 is 44.9 Å². The molecule has 16 bridgehead atoms. The van der Waals surface area contributed by atoms with Gasteiger partial charge in [-0.15, -0.1) is 44.1 Å². The van der Waals surface area contributed by atoms with Crippen molar-refractivity contribution in [2.75, 3.05) is 27.3 Å². The van der Waals surface area contributed by atoms with Crippen LogP contribution in [0, 0.1) is 27.7 Å². The molecular weight excluding hydrogens is 1370 g/mol. The van der Waals surface area contributed by atoms with Crippen LogP contribution in [0.15, 0.2) is 24.3 Å². The summed E-state index contributed by atoms with van der Waals surface area (Å²) in [7, 11) is 2.74. The quantitative estimate of drug-likeness (QED) is 0.0266. The van der Waals surface area contributed by atoms with Crippen molar-refractivity contribution >= 4 is 114 Å². The van der Waals surface area contributed by atoms with Crippen LogP contribution in [0.25, 0.3) is 78.6 Å². The molecule has 12 heterocycles. The molecule has 4 amide bonds. The molecule has 6 aliphatic rings. The maximum absolute atomic E-state index is 15.8. The number of fused-ring (bicyclic) bond motifs is 16. The van der Waals surface area contributed by atoms with Gasteiger partial charge in [-0.25, -0.2) is 9.97 Å². The van der Waals surface area contributed by atoms with E-state index in [4.69, 9.17) is 49.3 Å². The second-order valence-corrected chi connectivity index (χ2v) is 27.9. The van der Waals surface area contributed by atoms with Crippen LogP contribution >= 0.6 is 0 Å². The average molecular weight is 1470 g/mol. The Morgan fingerprint density at radius 1 is 0.441 bits per heavy atom. The molecule has 20 heteroatoms. The van der Waals surface area contributed by atoms with Gasteiger partial charge in [0.05, 0.1) is 59.8 Å². The van der Waals surface area contributed by atoms with Crippen LogP contribution in [-0.4, -0.2) is 92.6 Å². The number of nitrogens with zero attached hydrogens (tertiary/aromatic N) is 10. The normalized spacial score (nSPS) is 17.2. The number of carbonyl (C=O) groups is 6. The Labute approximate surface area is 618 Å². The Bertz CT molecular complexity index is 4600. The Morgan fingerprint density at radius 3 is 1.14 bits per heavy atom. The molecule has 0 saturated heterocycles. The monoisotopic (exact) mass is 1460 g/mol. The van der Waals surface area contributed by atoms with Gasteiger partial charge in [0.25, 0.3) is 23.6 Å². The van der Waals surface area contributed by atoms with Crippen LogP contribution in [0.3, 0.4) is 0 Å². The summed E-state index contributed by atoms with van der Waals surface area (Å²) in [6, 6.07) is 8.02. The molecule has 6 aromatic rings. The smallest absolute Gasteiger partial charge is 0.657 e. The number of methoxy groups -OCH3 is 2. The maximum atomic E-state index is 15.8. The summed E-state index contributed by atoms with van der Waals surface area (Å²) in [5.74, 6) is -4.69. The Balaban J connectivity index is 0.00000560. The van der Waals surface area contributed by atoms with Crippen molar-refractivity contribution < 1.29 is 71.2 Å². The molecule has 0 fully saturated rings. The summed E-state index contributed by atoms with van der Waals surface area (Å²) in [5.41, 5.74) is 21.0. The predicted octanol–water partition coefficient (Wildman–Crippen LogP) is 16.7. The van der Waals surface area contributed by atoms with Crippen molar-refractivity contribution in [3.63, 3.8) is 0 Å². The zero-order valence-electron chi connectivity index (χ0n) is 61.9. The Kier molecular flexibility index (Phi) is 23.4. The van der Waals surface area contributed by atoms with E-state index in [2.05, 4.69) is 95.2 Å². The molecule has 0 unspecified atom stereocenters. The number of hydrogen-bond acceptors (Lipinski definition) is 12. The van der Waals surface area contributed by atoms with Gasteiger partial charge in [-0.05, 0) is 126 Å². The number of imide groups is 2. The molecule has 102 heavy (non-hydrogen) atoms. The van der Waals surface area contributed by atoms with Gasteiger partial charge in [0.1, 0.15) is 0 Å². The number of esters is 2. The SMILES string of the molecule is CCCCCCN1C(=O)c2c3nc(c(/C=C/c4c5nc(c6c7[n-]c(cc8nc(cc9[n-]c4c(C)c9CC)C(C)=C8CC)c(C)c7C(=O)N(CCCCCC)C6=O)[C@@H](CCC(=O)OC)[C@@H]5C)c4[n-]c(cc5nc(cc6[n-]c2c(c6C)C1=O)C(CC)=C5C)c(CC)c4C)[C@@H](C)[C@@H]3CCC(=O)OC.[Ni+2].[Ni+2]. The van der Waals surface area contributed by atoms with Gasteiger partial charge in [-0.1, -0.05) is 164 Å². The first kappa shape index (κ1) is 76.3. The Morgan fingerprint density at radius 2 is 0.794 bits per heavy atom. The van der Waals surface area contributed by atoms with Gasteiger partial charge in [-0.3, -0.25) is 48.5 Å². The molecule has 0 radical (unpaired) electrons. The number of ether oxygens (including phenoxy) is 2. The first-order valence-corrected chi connectivity index (χ1v) is 36.4. The molecule has 0 spiro atoms. The number of aryl methyl sites for hydroxylation is 6. The standard InChI is InChI=1S/C82H98N10O8.2Ni/c1-17-23-25-27-35-91-79(95)67-47(13)59-39-61-49(19-3)41(7)57(83-61)37-63-51(21-5)43(9)71(87-63)55(73-45(11)53(31-33-65(93)99-15)75(89-73)69(81(91)97)77(67)85-59)29-30-56-72-44(10)52(22-6)64(88-72)38-58-42(8)50(20-4)62(84-58)40-60-48(14)68-78(86-60)70(82(98)92(80(68)96)36-28-26-24-18-2)76-54(32-34-66(94)100-16)46(12)74(56)90-76;;/h29-30,37-40,45-46,53-54H,17-28,31-36H2,1-16H3,(H4,83,84,85,86,87,88,89,90,95,96,97,98);;/q;2*+2/p-4/t45-,46-,53-,54-;;/m0../s1. The third kappa shape index (κ3) is 13.2. The van der Waals surface area contributed by atoms with Crippen LogP contribution < -0.4 is 19.9 Å². The summed E-state index contributed by atoms with van der Waals surface area (Å²) < 4.78 is 10.6. The van der Waals surface area contributed by atoms with E-state index in [-0.39, 0.29) is 93.9 Å². The average Bonchev–Trinajstić information content (AvgIpc) is 1.54. The van der Waals surface area contributed by atoms with Crippen LogP contribution in [0.2, 0.25) is 0 Å². The number of unbranched alkanes of at least 4 members (excludes halogenated alkanes) is 6. The van der Waals surface area contributed by atoms with Crippen molar-refractivity contribution in [1.29, 1.82) is 0 Å². The van der Waals surface area contributed by atoms with E-state index in [1.165, 1.54) is 24.0 Å². The number of aromatic nitrogens is 8. The fourth-order valence-corrected chi connectivity index (χ4v) is 16.4. The minimum Gasteiger partial charge on any atom is -0.657 e. The van der Waals surface area contributed by atoms with E-state index >= 15 is 19.2 Å². The zero-order chi connectivity index (χ0) is 71.4. The molecular formula is C82H94N10Ni2O8. The second kappa shape index (κ2) is 31.3. The van der Waals surface area contributed by atoms with E-state index in [0.717, 1.165) is 117 Å². The first-order chi connectivity index (χ1) is 48.1. The summed E-state index contributed by atoms with van der Waals surface area (Å²) in [6.07, 6.45) is 13.9. The predicted molar refractivity (Wildman–Crippen MR) is 394 cm³/mol. The molecule has 4 atom stereocenters. The van der Waals surface area contributed by atoms with E-state index in [1.807, 2.05) is 38.1 Å². The number of carbonyl (C=O) groups excluding carboxylic acids is 6. The van der Waals surface area contributed by atoms with E-state index in [1.54, 1.807) is 0 Å². The summed E-state index contributed by atoms with van der Waals surface area (Å²) in [5, 5.41) is 0. The Hall–Kier alpha value is -8.33. The number of rotatable bonds is 22. The molecule has 6 aromatic heterocycles. The topological polar surface area (TPSA) is 235 Å². The minimum atomic E-state index is -0.562. The van der Waals surface area contributed by atoms with Gasteiger partial charge in [-0.2, -0.15) is 0 Å². The van der Waals surface area contributed by atoms with Crippen LogP contribution in [-0.2, 0) is 64.9 Å². The summed E-state index contributed by atoms with van der Waals surface area (Å²) >= 11 is 0. The summed E-state index contributed by atoms with van der Waals surface area (Å²) in [4.78, 5) is 136. The largest absolute Gasteiger partial charge is 2.00 e. The fourth-order valence-electron chi connectivity index (χ4n) is 16.4. The molecule has 0 aromatic carbocycles. The third-order valence-electron chi connectivity index (χ3n) is 22.2. The van der Waals surface area contributed by atoms with Crippen molar-refractivity contribution in [3.05, 3.63) is 137 Å². The molecule has 18 nitrogen and oxygen atoms in total.